The Labute approximate surface area is 312 Å². The number of aryl methyl sites for hydroxylation is 1. The molecular weight excluding hydrogens is 731 g/mol. The Morgan fingerprint density at radius 2 is 1.98 bits per heavy atom. The van der Waals surface area contributed by atoms with Crippen molar-refractivity contribution < 1.29 is 32.6 Å². The lowest BCUT2D eigenvalue weighted by Crippen LogP contribution is -2.55. The lowest BCUT2D eigenvalue weighted by atomic mass is 9.83. The van der Waals surface area contributed by atoms with Crippen molar-refractivity contribution in [1.82, 2.24) is 34.0 Å². The van der Waals surface area contributed by atoms with Gasteiger partial charge in [0, 0.05) is 32.3 Å². The first-order valence-corrected chi connectivity index (χ1v) is 18.2. The SMILES string of the molecule is CCc1c(N2CCN(C(=O)c3ncnc(C)c3O)[C@H](C)C2)c(=O)n2nc(C3=CCC4(CCCO4)CC3)nc2n1CC(=O)Nc1ccc(C(F)(F)F)cc1Cl. The molecule has 0 radical (unpaired) electrons. The van der Waals surface area contributed by atoms with Crippen LogP contribution in [0.4, 0.5) is 24.5 Å². The van der Waals surface area contributed by atoms with Gasteiger partial charge in [-0.15, -0.1) is 5.10 Å². The summed E-state index contributed by atoms with van der Waals surface area (Å²) >= 11 is 6.16. The second-order valence-electron chi connectivity index (χ2n) is 13.9. The van der Waals surface area contributed by atoms with Crippen LogP contribution in [-0.2, 0) is 28.7 Å². The summed E-state index contributed by atoms with van der Waals surface area (Å²) in [6.07, 6.45) is 3.03. The lowest BCUT2D eigenvalue weighted by molar-refractivity contribution is -0.137. The Morgan fingerprint density at radius 3 is 2.63 bits per heavy atom. The van der Waals surface area contributed by atoms with Crippen LogP contribution in [0.3, 0.4) is 0 Å². The van der Waals surface area contributed by atoms with Gasteiger partial charge < -0.3 is 29.5 Å². The number of piperazine rings is 1. The molecule has 2 saturated heterocycles. The van der Waals surface area contributed by atoms with Crippen LogP contribution in [0.15, 0.2) is 35.4 Å². The van der Waals surface area contributed by atoms with E-state index in [1.54, 1.807) is 16.4 Å². The maximum absolute atomic E-state index is 14.4. The van der Waals surface area contributed by atoms with Crippen LogP contribution in [0.1, 0.15) is 79.2 Å². The molecule has 286 valence electrons. The number of allylic oxidation sites excluding steroid dienone is 1. The van der Waals surface area contributed by atoms with E-state index in [2.05, 4.69) is 20.4 Å². The van der Waals surface area contributed by atoms with Crippen molar-refractivity contribution in [3.05, 3.63) is 74.4 Å². The smallest absolute Gasteiger partial charge is 0.416 e. The van der Waals surface area contributed by atoms with E-state index in [9.17, 15) is 32.7 Å². The molecule has 54 heavy (non-hydrogen) atoms. The van der Waals surface area contributed by atoms with E-state index < -0.39 is 35.2 Å². The third kappa shape index (κ3) is 6.90. The molecular formula is C36H39ClF3N9O5. The molecule has 0 bridgehead atoms. The Hall–Kier alpha value is -5.03. The quantitative estimate of drug-likeness (QED) is 0.261. The van der Waals surface area contributed by atoms with Crippen molar-refractivity contribution in [2.24, 2.45) is 0 Å². The average Bonchev–Trinajstić information content (AvgIpc) is 3.79. The Bertz CT molecular complexity index is 2230. The normalized spacial score (nSPS) is 20.5. The van der Waals surface area contributed by atoms with Crippen molar-refractivity contribution >= 4 is 46.1 Å². The molecule has 3 aromatic heterocycles. The molecule has 2 aliphatic heterocycles. The number of alkyl halides is 3. The number of nitrogens with zero attached hydrogens (tertiary/aromatic N) is 8. The van der Waals surface area contributed by atoms with Crippen LogP contribution in [0.2, 0.25) is 5.02 Å². The molecule has 7 rings (SSSR count). The molecule has 3 aliphatic rings. The number of halogens is 4. The van der Waals surface area contributed by atoms with Crippen LogP contribution in [0, 0.1) is 6.92 Å². The molecule has 1 spiro atoms. The maximum atomic E-state index is 14.4. The van der Waals surface area contributed by atoms with Crippen molar-refractivity contribution in [3.8, 4) is 5.75 Å². The number of carbonyl (C=O) groups is 2. The van der Waals surface area contributed by atoms with Gasteiger partial charge in [-0.3, -0.25) is 14.4 Å². The fourth-order valence-electron chi connectivity index (χ4n) is 7.61. The number of aromatic hydroxyl groups is 1. The second-order valence-corrected chi connectivity index (χ2v) is 14.4. The Morgan fingerprint density at radius 1 is 1.19 bits per heavy atom. The van der Waals surface area contributed by atoms with Gasteiger partial charge in [0.2, 0.25) is 11.7 Å². The molecule has 14 nitrogen and oxygen atoms in total. The Balaban J connectivity index is 1.25. The van der Waals surface area contributed by atoms with Gasteiger partial charge >= 0.3 is 6.18 Å². The molecule has 2 N–H and O–H groups in total. The first kappa shape index (κ1) is 37.3. The summed E-state index contributed by atoms with van der Waals surface area (Å²) in [5.74, 6) is -0.912. The zero-order chi connectivity index (χ0) is 38.5. The minimum atomic E-state index is -4.61. The van der Waals surface area contributed by atoms with E-state index in [4.69, 9.17) is 21.3 Å². The Kier molecular flexibility index (Phi) is 9.89. The number of nitrogens with one attached hydrogen (secondary N) is 1. The molecule has 5 heterocycles. The zero-order valence-corrected chi connectivity index (χ0v) is 30.7. The van der Waals surface area contributed by atoms with E-state index in [-0.39, 0.29) is 71.1 Å². The molecule has 18 heteroatoms. The van der Waals surface area contributed by atoms with E-state index in [0.29, 0.717) is 30.8 Å². The molecule has 0 saturated carbocycles. The number of fused-ring (bicyclic) bond motifs is 1. The van der Waals surface area contributed by atoms with Gasteiger partial charge in [-0.2, -0.15) is 22.7 Å². The van der Waals surface area contributed by atoms with Crippen molar-refractivity contribution in [1.29, 1.82) is 0 Å². The number of rotatable bonds is 7. The zero-order valence-electron chi connectivity index (χ0n) is 29.9. The number of benzene rings is 1. The average molecular weight is 770 g/mol. The number of ether oxygens (including phenoxy) is 1. The summed E-state index contributed by atoms with van der Waals surface area (Å²) < 4.78 is 48.7. The fraction of sp³-hybridized carbons (Fsp3) is 0.472. The van der Waals surface area contributed by atoms with Gasteiger partial charge in [0.25, 0.3) is 11.5 Å². The van der Waals surface area contributed by atoms with Gasteiger partial charge in [0.1, 0.15) is 18.6 Å². The van der Waals surface area contributed by atoms with Gasteiger partial charge in [0.05, 0.1) is 33.3 Å². The monoisotopic (exact) mass is 769 g/mol. The number of hydrogen-bond acceptors (Lipinski definition) is 10. The van der Waals surface area contributed by atoms with Gasteiger partial charge in [-0.1, -0.05) is 24.6 Å². The first-order chi connectivity index (χ1) is 25.7. The van der Waals surface area contributed by atoms with E-state index in [1.807, 2.05) is 24.8 Å². The molecule has 1 aliphatic carbocycles. The number of amides is 2. The summed E-state index contributed by atoms with van der Waals surface area (Å²) in [6, 6.07) is 2.23. The standard InChI is InChI=1S/C36H39ClF3N9O5/c1-4-26-29(46-13-14-47(20(2)17-46)32(52)28-30(51)21(3)41-19-42-28)33(53)49-34(44-31(45-49)22-8-11-35(12-9-22)10-5-15-54-35)48(26)18-27(50)43-25-7-6-23(16-24(25)37)36(38,39)40/h6-8,16,19-20,51H,4-5,9-15,17-18H2,1-3H3,(H,43,50)/t20-,35?/m1/s1. The number of anilines is 2. The van der Waals surface area contributed by atoms with E-state index in [0.717, 1.165) is 49.6 Å². The molecule has 1 aromatic carbocycles. The van der Waals surface area contributed by atoms with Crippen LogP contribution in [0.25, 0.3) is 11.4 Å². The highest BCUT2D eigenvalue weighted by atomic mass is 35.5. The molecule has 1 unspecified atom stereocenters. The van der Waals surface area contributed by atoms with E-state index in [1.165, 1.54) is 10.8 Å². The molecule has 2 amide bonds. The minimum absolute atomic E-state index is 0.0119. The minimum Gasteiger partial charge on any atom is -0.504 e. The third-order valence-electron chi connectivity index (χ3n) is 10.5. The number of hydrogen-bond donors (Lipinski definition) is 2. The second kappa shape index (κ2) is 14.3. The first-order valence-electron chi connectivity index (χ1n) is 17.8. The van der Waals surface area contributed by atoms with Crippen molar-refractivity contribution in [3.63, 3.8) is 0 Å². The topological polar surface area (TPSA) is 160 Å². The van der Waals surface area contributed by atoms with Crippen LogP contribution >= 0.6 is 11.6 Å². The molecule has 2 atom stereocenters. The summed E-state index contributed by atoms with van der Waals surface area (Å²) in [5.41, 5.74) is 0.153. The van der Waals surface area contributed by atoms with Crippen LogP contribution in [-0.4, -0.2) is 88.8 Å². The highest BCUT2D eigenvalue weighted by molar-refractivity contribution is 6.33. The van der Waals surface area contributed by atoms with Crippen molar-refractivity contribution in [2.75, 3.05) is 36.5 Å². The van der Waals surface area contributed by atoms with Crippen LogP contribution < -0.4 is 15.8 Å². The third-order valence-corrected chi connectivity index (χ3v) is 10.8. The summed E-state index contributed by atoms with van der Waals surface area (Å²) in [6.45, 7) is 6.23. The number of carbonyl (C=O) groups excluding carboxylic acids is 2. The molecule has 2 fully saturated rings. The van der Waals surface area contributed by atoms with Crippen LogP contribution in [0.5, 0.6) is 5.75 Å². The largest absolute Gasteiger partial charge is 0.504 e. The summed E-state index contributed by atoms with van der Waals surface area (Å²) in [7, 11) is 0. The predicted molar refractivity (Wildman–Crippen MR) is 193 cm³/mol. The predicted octanol–water partition coefficient (Wildman–Crippen LogP) is 5.04. The van der Waals surface area contributed by atoms with Gasteiger partial charge in [-0.25, -0.2) is 9.97 Å². The van der Waals surface area contributed by atoms with Gasteiger partial charge in [-0.05, 0) is 76.1 Å². The maximum Gasteiger partial charge on any atom is 0.416 e. The lowest BCUT2D eigenvalue weighted by Gasteiger charge is -2.41. The number of aromatic nitrogens is 6. The van der Waals surface area contributed by atoms with Crippen molar-refractivity contribution in [2.45, 2.75) is 83.7 Å². The summed E-state index contributed by atoms with van der Waals surface area (Å²) in [4.78, 5) is 57.7. The summed E-state index contributed by atoms with van der Waals surface area (Å²) in [5, 5.41) is 17.5. The fourth-order valence-corrected chi connectivity index (χ4v) is 7.83. The highest BCUT2D eigenvalue weighted by Crippen LogP contribution is 2.41. The van der Waals surface area contributed by atoms with E-state index >= 15 is 0 Å². The van der Waals surface area contributed by atoms with Gasteiger partial charge in [0.15, 0.2) is 17.3 Å². The highest BCUT2D eigenvalue weighted by Gasteiger charge is 2.38. The molecule has 4 aromatic rings.